The molecule has 10 heteroatoms. The number of hydrogen-bond donors (Lipinski definition) is 3. The highest BCUT2D eigenvalue weighted by molar-refractivity contribution is 8.00. The molecule has 4 rings (SSSR count). The van der Waals surface area contributed by atoms with E-state index in [1.165, 1.54) is 11.8 Å². The van der Waals surface area contributed by atoms with E-state index in [-0.39, 0.29) is 17.6 Å². The fourth-order valence-electron chi connectivity index (χ4n) is 4.21. The van der Waals surface area contributed by atoms with Crippen molar-refractivity contribution in [1.29, 1.82) is 0 Å². The first-order valence-electron chi connectivity index (χ1n) is 15.1. The van der Waals surface area contributed by atoms with Gasteiger partial charge in [0.1, 0.15) is 11.4 Å². The van der Waals surface area contributed by atoms with Crippen molar-refractivity contribution in [2.24, 2.45) is 0 Å². The number of amides is 3. The van der Waals surface area contributed by atoms with Gasteiger partial charge in [-0.1, -0.05) is 43.7 Å². The van der Waals surface area contributed by atoms with Gasteiger partial charge in [0.15, 0.2) is 0 Å². The van der Waals surface area contributed by atoms with E-state index in [0.717, 1.165) is 17.7 Å². The van der Waals surface area contributed by atoms with Crippen molar-refractivity contribution in [3.63, 3.8) is 0 Å². The van der Waals surface area contributed by atoms with Crippen LogP contribution in [0.5, 0.6) is 5.75 Å². The SMILES string of the molecule is CCCCOC(=O)c1ccc(NC(=O)C(C)Sc2ccc(NC(=O)/C(=C/c3ccc(OC)cc3)NC(=O)c3ccccc3)cc2)cc1. The number of hydrogen-bond acceptors (Lipinski definition) is 7. The first-order chi connectivity index (χ1) is 22.7. The van der Waals surface area contributed by atoms with E-state index < -0.39 is 17.1 Å². The van der Waals surface area contributed by atoms with Crippen LogP contribution in [0.15, 0.2) is 114 Å². The molecule has 47 heavy (non-hydrogen) atoms. The van der Waals surface area contributed by atoms with Gasteiger partial charge in [0.05, 0.1) is 24.5 Å². The minimum absolute atomic E-state index is 0.0641. The van der Waals surface area contributed by atoms with E-state index in [0.29, 0.717) is 40.4 Å². The molecule has 4 aromatic carbocycles. The Morgan fingerprint density at radius 1 is 0.787 bits per heavy atom. The second-order valence-corrected chi connectivity index (χ2v) is 11.9. The van der Waals surface area contributed by atoms with Gasteiger partial charge in [0, 0.05) is 21.8 Å². The molecule has 1 atom stereocenters. The second kappa shape index (κ2) is 17.4. The molecule has 0 fully saturated rings. The molecule has 0 aromatic heterocycles. The van der Waals surface area contributed by atoms with Crippen LogP contribution in [-0.4, -0.2) is 42.7 Å². The van der Waals surface area contributed by atoms with E-state index >= 15 is 0 Å². The summed E-state index contributed by atoms with van der Waals surface area (Å²) in [5.41, 5.74) is 2.69. The number of unbranched alkanes of at least 4 members (excludes halogenated alkanes) is 1. The molecule has 1 unspecified atom stereocenters. The molecule has 0 heterocycles. The Hall–Kier alpha value is -5.35. The monoisotopic (exact) mass is 651 g/mol. The van der Waals surface area contributed by atoms with Gasteiger partial charge in [-0.2, -0.15) is 0 Å². The lowest BCUT2D eigenvalue weighted by Gasteiger charge is -2.14. The summed E-state index contributed by atoms with van der Waals surface area (Å²) in [6.07, 6.45) is 3.34. The zero-order valence-electron chi connectivity index (χ0n) is 26.4. The van der Waals surface area contributed by atoms with Gasteiger partial charge >= 0.3 is 5.97 Å². The Balaban J connectivity index is 1.36. The van der Waals surface area contributed by atoms with Gasteiger partial charge in [-0.25, -0.2) is 4.79 Å². The summed E-state index contributed by atoms with van der Waals surface area (Å²) in [4.78, 5) is 52.0. The summed E-state index contributed by atoms with van der Waals surface area (Å²) in [6.45, 7) is 4.20. The number of rotatable bonds is 14. The minimum Gasteiger partial charge on any atom is -0.497 e. The third-order valence-corrected chi connectivity index (χ3v) is 7.98. The van der Waals surface area contributed by atoms with Gasteiger partial charge in [-0.3, -0.25) is 14.4 Å². The molecular formula is C37H37N3O6S. The molecule has 9 nitrogen and oxygen atoms in total. The first kappa shape index (κ1) is 34.5. The number of thioether (sulfide) groups is 1. The van der Waals surface area contributed by atoms with E-state index in [1.54, 1.807) is 117 Å². The van der Waals surface area contributed by atoms with Crippen LogP contribution in [0, 0.1) is 0 Å². The smallest absolute Gasteiger partial charge is 0.338 e. The van der Waals surface area contributed by atoms with Crippen molar-refractivity contribution in [1.82, 2.24) is 5.32 Å². The number of anilines is 2. The third kappa shape index (κ3) is 10.6. The Labute approximate surface area is 278 Å². The molecule has 0 aliphatic rings. The number of methoxy groups -OCH3 is 1. The Morgan fingerprint density at radius 3 is 2.06 bits per heavy atom. The molecule has 3 N–H and O–H groups in total. The van der Waals surface area contributed by atoms with Gasteiger partial charge in [0.2, 0.25) is 5.91 Å². The van der Waals surface area contributed by atoms with E-state index in [1.807, 2.05) is 13.0 Å². The largest absolute Gasteiger partial charge is 0.497 e. The maximum atomic E-state index is 13.3. The molecule has 0 aliphatic heterocycles. The molecule has 0 saturated heterocycles. The highest BCUT2D eigenvalue weighted by atomic mass is 32.2. The molecule has 0 radical (unpaired) electrons. The minimum atomic E-state index is -0.501. The summed E-state index contributed by atoms with van der Waals surface area (Å²) in [5.74, 6) is -0.838. The van der Waals surface area contributed by atoms with Crippen molar-refractivity contribution < 1.29 is 28.7 Å². The average Bonchev–Trinajstić information content (AvgIpc) is 3.09. The predicted molar refractivity (Wildman–Crippen MR) is 186 cm³/mol. The van der Waals surface area contributed by atoms with Crippen LogP contribution >= 0.6 is 11.8 Å². The van der Waals surface area contributed by atoms with Crippen molar-refractivity contribution in [2.75, 3.05) is 24.4 Å². The zero-order chi connectivity index (χ0) is 33.6. The molecule has 242 valence electrons. The zero-order valence-corrected chi connectivity index (χ0v) is 27.3. The van der Waals surface area contributed by atoms with Gasteiger partial charge in [0.25, 0.3) is 11.8 Å². The lowest BCUT2D eigenvalue weighted by Crippen LogP contribution is -2.30. The molecule has 0 aliphatic carbocycles. The summed E-state index contributed by atoms with van der Waals surface area (Å²) in [7, 11) is 1.57. The third-order valence-electron chi connectivity index (χ3n) is 6.87. The quantitative estimate of drug-likeness (QED) is 0.0571. The summed E-state index contributed by atoms with van der Waals surface area (Å²) < 4.78 is 10.4. The Morgan fingerprint density at radius 2 is 1.43 bits per heavy atom. The number of nitrogens with one attached hydrogen (secondary N) is 3. The average molecular weight is 652 g/mol. The number of esters is 1. The van der Waals surface area contributed by atoms with Crippen LogP contribution in [0.4, 0.5) is 11.4 Å². The van der Waals surface area contributed by atoms with Gasteiger partial charge in [-0.05, 0) is 97.8 Å². The second-order valence-electron chi connectivity index (χ2n) is 10.4. The summed E-state index contributed by atoms with van der Waals surface area (Å²) in [5, 5.41) is 8.00. The first-order valence-corrected chi connectivity index (χ1v) is 16.0. The molecule has 0 bridgehead atoms. The van der Waals surface area contributed by atoms with Crippen molar-refractivity contribution >= 4 is 52.9 Å². The summed E-state index contributed by atoms with van der Waals surface area (Å²) in [6, 6.07) is 29.4. The van der Waals surface area contributed by atoms with Crippen LogP contribution in [0.25, 0.3) is 6.08 Å². The van der Waals surface area contributed by atoms with E-state index in [4.69, 9.17) is 9.47 Å². The highest BCUT2D eigenvalue weighted by Gasteiger charge is 2.17. The number of carbonyl (C=O) groups excluding carboxylic acids is 4. The molecule has 3 amide bonds. The predicted octanol–water partition coefficient (Wildman–Crippen LogP) is 7.18. The summed E-state index contributed by atoms with van der Waals surface area (Å²) >= 11 is 1.36. The molecule has 4 aromatic rings. The fourth-order valence-corrected chi connectivity index (χ4v) is 5.08. The van der Waals surface area contributed by atoms with Gasteiger partial charge in [-0.15, -0.1) is 11.8 Å². The molecule has 0 spiro atoms. The van der Waals surface area contributed by atoms with Crippen LogP contribution < -0.4 is 20.7 Å². The maximum absolute atomic E-state index is 13.3. The number of ether oxygens (including phenoxy) is 2. The number of benzene rings is 4. The van der Waals surface area contributed by atoms with Crippen molar-refractivity contribution in [3.8, 4) is 5.75 Å². The standard InChI is InChI=1S/C37H37N3O6S/c1-4-5-23-46-37(44)28-13-15-29(16-14-28)38-34(41)25(2)47-32-21-17-30(18-22-32)39-36(43)33(24-26-11-19-31(45-3)20-12-26)40-35(42)27-9-7-6-8-10-27/h6-22,24-25H,4-5,23H2,1-3H3,(H,38,41)(H,39,43)(H,40,42)/b33-24-. The normalized spacial score (nSPS) is 11.6. The maximum Gasteiger partial charge on any atom is 0.338 e. The van der Waals surface area contributed by atoms with Gasteiger partial charge < -0.3 is 25.4 Å². The van der Waals surface area contributed by atoms with Crippen LogP contribution in [0.2, 0.25) is 0 Å². The van der Waals surface area contributed by atoms with Crippen molar-refractivity contribution in [3.05, 3.63) is 126 Å². The molecule has 0 saturated carbocycles. The van der Waals surface area contributed by atoms with Crippen molar-refractivity contribution in [2.45, 2.75) is 36.8 Å². The molecular weight excluding hydrogens is 614 g/mol. The van der Waals surface area contributed by atoms with E-state index in [9.17, 15) is 19.2 Å². The van der Waals surface area contributed by atoms with Crippen LogP contribution in [-0.2, 0) is 14.3 Å². The Kier molecular flexibility index (Phi) is 12.8. The topological polar surface area (TPSA) is 123 Å². The van der Waals surface area contributed by atoms with Crippen LogP contribution in [0.3, 0.4) is 0 Å². The fraction of sp³-hybridized carbons (Fsp3) is 0.189. The highest BCUT2D eigenvalue weighted by Crippen LogP contribution is 2.26. The van der Waals surface area contributed by atoms with Crippen LogP contribution in [0.1, 0.15) is 53.0 Å². The number of carbonyl (C=O) groups is 4. The van der Waals surface area contributed by atoms with E-state index in [2.05, 4.69) is 16.0 Å². The lowest BCUT2D eigenvalue weighted by molar-refractivity contribution is -0.115. The Bertz CT molecular complexity index is 1690. The lowest BCUT2D eigenvalue weighted by atomic mass is 10.1.